The van der Waals surface area contributed by atoms with Crippen molar-refractivity contribution in [1.29, 1.82) is 0 Å². The van der Waals surface area contributed by atoms with E-state index >= 15 is 0 Å². The maximum Gasteiger partial charge on any atom is 0.340 e. The van der Waals surface area contributed by atoms with Crippen molar-refractivity contribution in [3.63, 3.8) is 0 Å². The highest BCUT2D eigenvalue weighted by molar-refractivity contribution is 8.04. The highest BCUT2D eigenvalue weighted by atomic mass is 35.5. The van der Waals surface area contributed by atoms with E-state index in [2.05, 4.69) is 5.32 Å². The Bertz CT molecular complexity index is 1350. The fraction of sp³-hybridized carbons (Fsp3) is 0.148. The van der Waals surface area contributed by atoms with E-state index in [4.69, 9.17) is 16.3 Å². The summed E-state index contributed by atoms with van der Waals surface area (Å²) in [4.78, 5) is 41.9. The van der Waals surface area contributed by atoms with Crippen LogP contribution in [-0.2, 0) is 14.3 Å². The van der Waals surface area contributed by atoms with Gasteiger partial charge in [-0.05, 0) is 62.7 Å². The van der Waals surface area contributed by atoms with E-state index < -0.39 is 17.8 Å². The Morgan fingerprint density at radius 2 is 1.71 bits per heavy atom. The lowest BCUT2D eigenvalue weighted by Crippen LogP contribution is -2.33. The minimum absolute atomic E-state index is 0.110. The van der Waals surface area contributed by atoms with E-state index in [1.807, 2.05) is 44.2 Å². The van der Waals surface area contributed by atoms with E-state index in [-0.39, 0.29) is 28.5 Å². The number of rotatable bonds is 7. The molecule has 8 heteroatoms. The van der Waals surface area contributed by atoms with Gasteiger partial charge in [-0.3, -0.25) is 9.59 Å². The van der Waals surface area contributed by atoms with Crippen molar-refractivity contribution in [2.75, 3.05) is 16.8 Å². The van der Waals surface area contributed by atoms with Gasteiger partial charge in [0.15, 0.2) is 0 Å². The van der Waals surface area contributed by atoms with Gasteiger partial charge in [0.1, 0.15) is 10.6 Å². The number of amides is 2. The number of nitrogens with zero attached hydrogens (tertiary/aromatic N) is 1. The number of hydrogen-bond acceptors (Lipinski definition) is 6. The number of esters is 1. The number of aryl methyl sites for hydroxylation is 2. The predicted octanol–water partition coefficient (Wildman–Crippen LogP) is 6.12. The van der Waals surface area contributed by atoms with Crippen LogP contribution in [0.15, 0.2) is 82.2 Å². The van der Waals surface area contributed by atoms with Gasteiger partial charge in [-0.2, -0.15) is 0 Å². The molecule has 4 rings (SSSR count). The first-order valence-electron chi connectivity index (χ1n) is 11.0. The molecule has 0 saturated carbocycles. The third-order valence-electron chi connectivity index (χ3n) is 5.36. The maximum atomic E-state index is 13.7. The van der Waals surface area contributed by atoms with E-state index in [9.17, 15) is 14.4 Å². The van der Waals surface area contributed by atoms with E-state index in [0.29, 0.717) is 10.7 Å². The molecule has 178 valence electrons. The summed E-state index contributed by atoms with van der Waals surface area (Å²) in [7, 11) is 0. The Balaban J connectivity index is 1.78. The smallest absolute Gasteiger partial charge is 0.340 e. The first kappa shape index (κ1) is 24.6. The average molecular weight is 507 g/mol. The van der Waals surface area contributed by atoms with Gasteiger partial charge in [0.25, 0.3) is 11.8 Å². The summed E-state index contributed by atoms with van der Waals surface area (Å²) in [5.41, 5.74) is 2.95. The number of benzene rings is 3. The van der Waals surface area contributed by atoms with Crippen LogP contribution >= 0.6 is 23.4 Å². The molecule has 0 bridgehead atoms. The molecule has 0 radical (unpaired) electrons. The first-order valence-corrected chi connectivity index (χ1v) is 12.2. The number of halogens is 1. The molecule has 0 atom stereocenters. The predicted molar refractivity (Wildman–Crippen MR) is 139 cm³/mol. The number of carbonyl (C=O) groups is 3. The fourth-order valence-electron chi connectivity index (χ4n) is 3.52. The Labute approximate surface area is 212 Å². The van der Waals surface area contributed by atoms with Crippen LogP contribution in [0.1, 0.15) is 28.4 Å². The summed E-state index contributed by atoms with van der Waals surface area (Å²) in [6.07, 6.45) is 0. The number of imide groups is 1. The average Bonchev–Trinajstić information content (AvgIpc) is 3.06. The zero-order valence-electron chi connectivity index (χ0n) is 19.4. The molecule has 1 heterocycles. The Morgan fingerprint density at radius 1 is 1.00 bits per heavy atom. The zero-order valence-corrected chi connectivity index (χ0v) is 21.0. The SMILES string of the molecule is CCOC(=O)c1ccccc1N1C(=O)C(Nc2ccc(C)c(Cl)c2)=C(Sc2ccc(C)cc2)C1=O. The summed E-state index contributed by atoms with van der Waals surface area (Å²) in [6.45, 7) is 5.71. The van der Waals surface area contributed by atoms with Crippen molar-refractivity contribution >= 4 is 52.5 Å². The Kier molecular flexibility index (Phi) is 7.28. The van der Waals surface area contributed by atoms with Crippen molar-refractivity contribution in [1.82, 2.24) is 0 Å². The van der Waals surface area contributed by atoms with E-state index in [1.54, 1.807) is 37.3 Å². The third kappa shape index (κ3) is 5.11. The normalized spacial score (nSPS) is 13.4. The van der Waals surface area contributed by atoms with Crippen molar-refractivity contribution in [3.05, 3.63) is 99.0 Å². The van der Waals surface area contributed by atoms with Crippen molar-refractivity contribution in [2.24, 2.45) is 0 Å². The lowest BCUT2D eigenvalue weighted by atomic mass is 10.1. The van der Waals surface area contributed by atoms with Crippen LogP contribution in [-0.4, -0.2) is 24.4 Å². The molecule has 0 saturated heterocycles. The summed E-state index contributed by atoms with van der Waals surface area (Å²) in [5, 5.41) is 3.62. The van der Waals surface area contributed by atoms with E-state index in [1.165, 1.54) is 17.8 Å². The molecular formula is C27H23ClN2O4S. The third-order valence-corrected chi connectivity index (χ3v) is 6.86. The molecule has 35 heavy (non-hydrogen) atoms. The monoisotopic (exact) mass is 506 g/mol. The van der Waals surface area contributed by atoms with Crippen LogP contribution < -0.4 is 10.2 Å². The number of anilines is 2. The standard InChI is InChI=1S/C27H23ClN2O4S/c1-4-34-27(33)20-7-5-6-8-22(20)30-25(31)23(29-18-12-11-17(3)21(28)15-18)24(26(30)32)35-19-13-9-16(2)10-14-19/h5-15,29H,4H2,1-3H3. The van der Waals surface area contributed by atoms with Crippen molar-refractivity contribution in [2.45, 2.75) is 25.7 Å². The molecule has 6 nitrogen and oxygen atoms in total. The van der Waals surface area contributed by atoms with Crippen molar-refractivity contribution in [3.8, 4) is 0 Å². The molecule has 3 aromatic rings. The maximum absolute atomic E-state index is 13.7. The molecule has 0 fully saturated rings. The van der Waals surface area contributed by atoms with Crippen molar-refractivity contribution < 1.29 is 19.1 Å². The molecule has 0 aromatic heterocycles. The summed E-state index contributed by atoms with van der Waals surface area (Å²) in [5.74, 6) is -1.71. The summed E-state index contributed by atoms with van der Waals surface area (Å²) >= 11 is 7.47. The number of nitrogens with one attached hydrogen (secondary N) is 1. The lowest BCUT2D eigenvalue weighted by molar-refractivity contribution is -0.120. The first-order chi connectivity index (χ1) is 16.8. The summed E-state index contributed by atoms with van der Waals surface area (Å²) in [6, 6.07) is 19.4. The minimum atomic E-state index is -0.608. The van der Waals surface area contributed by atoms with Crippen LogP contribution in [0.3, 0.4) is 0 Å². The molecule has 2 amide bonds. The van der Waals surface area contributed by atoms with Crippen LogP contribution in [0.5, 0.6) is 0 Å². The molecule has 0 aliphatic carbocycles. The van der Waals surface area contributed by atoms with Crippen LogP contribution in [0.25, 0.3) is 0 Å². The van der Waals surface area contributed by atoms with Gasteiger partial charge in [-0.25, -0.2) is 9.69 Å². The van der Waals surface area contributed by atoms with Crippen LogP contribution in [0.2, 0.25) is 5.02 Å². The number of thioether (sulfide) groups is 1. The topological polar surface area (TPSA) is 75.7 Å². The van der Waals surface area contributed by atoms with Gasteiger partial charge in [0.2, 0.25) is 0 Å². The molecule has 1 aliphatic rings. The zero-order chi connectivity index (χ0) is 25.1. The van der Waals surface area contributed by atoms with Crippen LogP contribution in [0.4, 0.5) is 11.4 Å². The highest BCUT2D eigenvalue weighted by Crippen LogP contribution is 2.39. The summed E-state index contributed by atoms with van der Waals surface area (Å²) < 4.78 is 5.14. The second-order valence-electron chi connectivity index (χ2n) is 7.89. The van der Waals surface area contributed by atoms with Gasteiger partial charge in [-0.1, -0.05) is 59.3 Å². The Hall–Kier alpha value is -3.55. The molecular weight excluding hydrogens is 484 g/mol. The fourth-order valence-corrected chi connectivity index (χ4v) is 4.63. The second kappa shape index (κ2) is 10.4. The van der Waals surface area contributed by atoms with Gasteiger partial charge >= 0.3 is 5.97 Å². The highest BCUT2D eigenvalue weighted by Gasteiger charge is 2.41. The van der Waals surface area contributed by atoms with Crippen LogP contribution in [0, 0.1) is 13.8 Å². The van der Waals surface area contributed by atoms with Gasteiger partial charge in [0, 0.05) is 15.6 Å². The Morgan fingerprint density at radius 3 is 2.40 bits per heavy atom. The van der Waals surface area contributed by atoms with Gasteiger partial charge in [0.05, 0.1) is 17.9 Å². The van der Waals surface area contributed by atoms with E-state index in [0.717, 1.165) is 20.9 Å². The second-order valence-corrected chi connectivity index (χ2v) is 9.38. The molecule has 1 aliphatic heterocycles. The van der Waals surface area contributed by atoms with Gasteiger partial charge in [-0.15, -0.1) is 0 Å². The number of ether oxygens (including phenoxy) is 1. The minimum Gasteiger partial charge on any atom is -0.462 e. The lowest BCUT2D eigenvalue weighted by Gasteiger charge is -2.18. The number of hydrogen-bond donors (Lipinski definition) is 1. The molecule has 3 aromatic carbocycles. The molecule has 0 spiro atoms. The number of para-hydroxylation sites is 1. The molecule has 1 N–H and O–H groups in total. The number of carbonyl (C=O) groups excluding carboxylic acids is 3. The van der Waals surface area contributed by atoms with Gasteiger partial charge < -0.3 is 10.1 Å². The largest absolute Gasteiger partial charge is 0.462 e. The molecule has 0 unspecified atom stereocenters. The quantitative estimate of drug-likeness (QED) is 0.307.